The highest BCUT2D eigenvalue weighted by Crippen LogP contribution is 2.43. The summed E-state index contributed by atoms with van der Waals surface area (Å²) in [6.45, 7) is 0.733. The summed E-state index contributed by atoms with van der Waals surface area (Å²) in [5.74, 6) is 1.86. The number of fused-ring (bicyclic) bond motifs is 1. The topological polar surface area (TPSA) is 103 Å². The van der Waals surface area contributed by atoms with Gasteiger partial charge in [0.05, 0.1) is 29.8 Å². The third-order valence-electron chi connectivity index (χ3n) is 6.37. The Morgan fingerprint density at radius 3 is 2.72 bits per heavy atom. The first-order valence-corrected chi connectivity index (χ1v) is 12.0. The van der Waals surface area contributed by atoms with Crippen molar-refractivity contribution in [3.8, 4) is 28.7 Å². The molecule has 3 heterocycles. The van der Waals surface area contributed by atoms with Gasteiger partial charge in [-0.3, -0.25) is 4.79 Å². The lowest BCUT2D eigenvalue weighted by molar-refractivity contribution is 0.0706. The van der Waals surface area contributed by atoms with E-state index >= 15 is 0 Å². The van der Waals surface area contributed by atoms with Crippen LogP contribution in [-0.2, 0) is 6.54 Å². The molecule has 9 heteroatoms. The van der Waals surface area contributed by atoms with Gasteiger partial charge in [0.25, 0.3) is 11.9 Å². The summed E-state index contributed by atoms with van der Waals surface area (Å²) in [5, 5.41) is 14.2. The first-order valence-electron chi connectivity index (χ1n) is 12.0. The zero-order valence-corrected chi connectivity index (χ0v) is 19.6. The molecule has 0 atom stereocenters. The van der Waals surface area contributed by atoms with Gasteiger partial charge in [-0.05, 0) is 42.7 Å². The van der Waals surface area contributed by atoms with Gasteiger partial charge in [0.15, 0.2) is 11.5 Å². The lowest BCUT2D eigenvalue weighted by Crippen LogP contribution is -2.33. The molecule has 1 N–H and O–H groups in total. The molecule has 2 aliphatic rings. The van der Waals surface area contributed by atoms with Gasteiger partial charge in [0.2, 0.25) is 6.79 Å². The number of benzene rings is 2. The normalized spacial score (nSPS) is 14.1. The number of carbonyl (C=O) groups is 1. The fraction of sp³-hybridized carbons (Fsp3) is 0.259. The van der Waals surface area contributed by atoms with Crippen molar-refractivity contribution >= 4 is 5.91 Å². The number of carbonyl (C=O) groups excluding carboxylic acids is 1. The molecular formula is C27H25N5O4. The Morgan fingerprint density at radius 1 is 1.08 bits per heavy atom. The van der Waals surface area contributed by atoms with Crippen LogP contribution in [0.3, 0.4) is 0 Å². The van der Waals surface area contributed by atoms with Crippen molar-refractivity contribution in [3.63, 3.8) is 0 Å². The molecule has 182 valence electrons. The van der Waals surface area contributed by atoms with Crippen LogP contribution in [0.4, 0.5) is 0 Å². The van der Waals surface area contributed by atoms with E-state index in [0.29, 0.717) is 29.6 Å². The Balaban J connectivity index is 1.33. The SMILES string of the molecule is O=C(c1cnn(-c2nccc(-c3ccc4c(c3)OCO4)n2)c1C1CC1)N(CCO)Cc1ccccc1. The molecular weight excluding hydrogens is 458 g/mol. The van der Waals surface area contributed by atoms with E-state index in [9.17, 15) is 9.90 Å². The van der Waals surface area contributed by atoms with Crippen LogP contribution in [0.15, 0.2) is 67.0 Å². The van der Waals surface area contributed by atoms with Gasteiger partial charge in [-0.25, -0.2) is 14.6 Å². The second-order valence-corrected chi connectivity index (χ2v) is 8.88. The molecule has 1 saturated carbocycles. The molecule has 1 amide bonds. The monoisotopic (exact) mass is 483 g/mol. The number of hydrogen-bond acceptors (Lipinski definition) is 7. The quantitative estimate of drug-likeness (QED) is 0.409. The smallest absolute Gasteiger partial charge is 0.257 e. The summed E-state index contributed by atoms with van der Waals surface area (Å²) in [5.41, 5.74) is 3.93. The Morgan fingerprint density at radius 2 is 1.92 bits per heavy atom. The molecule has 9 nitrogen and oxygen atoms in total. The van der Waals surface area contributed by atoms with E-state index in [1.54, 1.807) is 22.0 Å². The molecule has 0 spiro atoms. The Kier molecular flexibility index (Phi) is 5.82. The summed E-state index contributed by atoms with van der Waals surface area (Å²) >= 11 is 0. The van der Waals surface area contributed by atoms with Gasteiger partial charge in [-0.15, -0.1) is 0 Å². The van der Waals surface area contributed by atoms with E-state index in [0.717, 1.165) is 35.4 Å². The zero-order chi connectivity index (χ0) is 24.5. The minimum Gasteiger partial charge on any atom is -0.454 e. The maximum absolute atomic E-state index is 13.6. The van der Waals surface area contributed by atoms with E-state index in [1.165, 1.54) is 0 Å². The molecule has 36 heavy (non-hydrogen) atoms. The number of ether oxygens (including phenoxy) is 2. The van der Waals surface area contributed by atoms with Crippen molar-refractivity contribution in [3.05, 3.63) is 83.8 Å². The maximum Gasteiger partial charge on any atom is 0.257 e. The van der Waals surface area contributed by atoms with Gasteiger partial charge in [-0.2, -0.15) is 5.10 Å². The lowest BCUT2D eigenvalue weighted by Gasteiger charge is -2.22. The molecule has 0 bridgehead atoms. The predicted octanol–water partition coefficient (Wildman–Crippen LogP) is 3.57. The molecule has 0 saturated heterocycles. The minimum atomic E-state index is -0.159. The van der Waals surface area contributed by atoms with Crippen LogP contribution in [0.1, 0.15) is 40.4 Å². The van der Waals surface area contributed by atoms with Gasteiger partial charge >= 0.3 is 0 Å². The second-order valence-electron chi connectivity index (χ2n) is 8.88. The molecule has 1 fully saturated rings. The molecule has 0 radical (unpaired) electrons. The van der Waals surface area contributed by atoms with Crippen LogP contribution in [-0.4, -0.2) is 55.6 Å². The second kappa shape index (κ2) is 9.43. The lowest BCUT2D eigenvalue weighted by atomic mass is 10.1. The molecule has 1 aliphatic carbocycles. The van der Waals surface area contributed by atoms with E-state index in [4.69, 9.17) is 14.5 Å². The van der Waals surface area contributed by atoms with Gasteiger partial charge < -0.3 is 19.5 Å². The number of aromatic nitrogens is 4. The van der Waals surface area contributed by atoms with E-state index in [-0.39, 0.29) is 31.8 Å². The van der Waals surface area contributed by atoms with Crippen LogP contribution in [0.5, 0.6) is 11.5 Å². The Labute approximate surface area is 207 Å². The Bertz CT molecular complexity index is 1400. The molecule has 4 aromatic rings. The highest BCUT2D eigenvalue weighted by atomic mass is 16.7. The van der Waals surface area contributed by atoms with Crippen molar-refractivity contribution in [2.75, 3.05) is 19.9 Å². The summed E-state index contributed by atoms with van der Waals surface area (Å²) < 4.78 is 12.6. The Hall–Kier alpha value is -4.24. The van der Waals surface area contributed by atoms with Gasteiger partial charge in [0.1, 0.15) is 0 Å². The molecule has 2 aromatic carbocycles. The van der Waals surface area contributed by atoms with Gasteiger partial charge in [0, 0.05) is 30.8 Å². The average Bonchev–Trinajstić information content (AvgIpc) is 3.47. The fourth-order valence-corrected chi connectivity index (χ4v) is 4.45. The summed E-state index contributed by atoms with van der Waals surface area (Å²) in [6, 6.07) is 17.3. The average molecular weight is 484 g/mol. The van der Waals surface area contributed by atoms with Crippen molar-refractivity contribution in [1.29, 1.82) is 0 Å². The predicted molar refractivity (Wildman–Crippen MR) is 131 cm³/mol. The number of aliphatic hydroxyl groups is 1. The maximum atomic E-state index is 13.6. The third kappa shape index (κ3) is 4.29. The molecule has 0 unspecified atom stereocenters. The highest BCUT2D eigenvalue weighted by molar-refractivity contribution is 5.95. The molecule has 2 aromatic heterocycles. The van der Waals surface area contributed by atoms with Crippen molar-refractivity contribution in [1.82, 2.24) is 24.6 Å². The van der Waals surface area contributed by atoms with Crippen LogP contribution >= 0.6 is 0 Å². The zero-order valence-electron chi connectivity index (χ0n) is 19.6. The summed E-state index contributed by atoms with van der Waals surface area (Å²) in [4.78, 5) is 24.5. The van der Waals surface area contributed by atoms with Crippen molar-refractivity contribution < 1.29 is 19.4 Å². The van der Waals surface area contributed by atoms with Crippen LogP contribution < -0.4 is 9.47 Å². The third-order valence-corrected chi connectivity index (χ3v) is 6.37. The van der Waals surface area contributed by atoms with Gasteiger partial charge in [-0.1, -0.05) is 30.3 Å². The van der Waals surface area contributed by atoms with Crippen LogP contribution in [0.25, 0.3) is 17.2 Å². The van der Waals surface area contributed by atoms with Crippen LogP contribution in [0, 0.1) is 0 Å². The number of nitrogens with zero attached hydrogens (tertiary/aromatic N) is 5. The standard InChI is InChI=1S/C27H25N5O4/c33-13-12-31(16-18-4-2-1-3-5-18)26(34)21-15-29-32(25(21)19-6-7-19)27-28-11-10-22(30-27)20-8-9-23-24(14-20)36-17-35-23/h1-5,8-11,14-15,19,33H,6-7,12-13,16-17H2. The number of rotatable bonds is 8. The number of hydrogen-bond donors (Lipinski definition) is 1. The van der Waals surface area contributed by atoms with E-state index in [1.807, 2.05) is 54.6 Å². The van der Waals surface area contributed by atoms with E-state index < -0.39 is 0 Å². The van der Waals surface area contributed by atoms with E-state index in [2.05, 4.69) is 10.1 Å². The fourth-order valence-electron chi connectivity index (χ4n) is 4.45. The largest absolute Gasteiger partial charge is 0.454 e. The summed E-state index contributed by atoms with van der Waals surface area (Å²) in [7, 11) is 0. The van der Waals surface area contributed by atoms with Crippen molar-refractivity contribution in [2.45, 2.75) is 25.3 Å². The first kappa shape index (κ1) is 22.2. The summed E-state index contributed by atoms with van der Waals surface area (Å²) in [6.07, 6.45) is 5.25. The minimum absolute atomic E-state index is 0.119. The van der Waals surface area contributed by atoms with Crippen LogP contribution in [0.2, 0.25) is 0 Å². The first-order chi connectivity index (χ1) is 17.7. The number of amides is 1. The molecule has 1 aliphatic heterocycles. The van der Waals surface area contributed by atoms with Crippen molar-refractivity contribution in [2.24, 2.45) is 0 Å². The molecule has 6 rings (SSSR count). The highest BCUT2D eigenvalue weighted by Gasteiger charge is 2.35. The number of aliphatic hydroxyl groups excluding tert-OH is 1.